The molecule has 0 atom stereocenters. The molecule has 6 nitrogen and oxygen atoms in total. The highest BCUT2D eigenvalue weighted by Gasteiger charge is 2.40. The predicted molar refractivity (Wildman–Crippen MR) is 125 cm³/mol. The van der Waals surface area contributed by atoms with Crippen LogP contribution in [0.1, 0.15) is 46.1 Å². The molecule has 0 bridgehead atoms. The summed E-state index contributed by atoms with van der Waals surface area (Å²) >= 11 is 0. The molecular weight excluding hydrogens is 402 g/mol. The molecule has 0 unspecified atom stereocenters. The van der Waals surface area contributed by atoms with E-state index in [0.29, 0.717) is 11.1 Å². The quantitative estimate of drug-likeness (QED) is 0.475. The molecule has 0 saturated heterocycles. The summed E-state index contributed by atoms with van der Waals surface area (Å²) in [5.74, 6) is -0.955. The number of anilines is 1. The zero-order valence-electron chi connectivity index (χ0n) is 19.6. The highest BCUT2D eigenvalue weighted by atomic mass is 16.5. The van der Waals surface area contributed by atoms with Crippen molar-refractivity contribution in [3.63, 3.8) is 0 Å². The van der Waals surface area contributed by atoms with Gasteiger partial charge in [-0.25, -0.2) is 0 Å². The van der Waals surface area contributed by atoms with Crippen LogP contribution in [0.15, 0.2) is 58.8 Å². The minimum absolute atomic E-state index is 0.00200. The van der Waals surface area contributed by atoms with E-state index in [2.05, 4.69) is 43.9 Å². The number of ether oxygens (including phenoxy) is 1. The van der Waals surface area contributed by atoms with Gasteiger partial charge in [-0.05, 0) is 42.7 Å². The van der Waals surface area contributed by atoms with E-state index in [1.807, 2.05) is 18.2 Å². The van der Waals surface area contributed by atoms with Gasteiger partial charge in [0.15, 0.2) is 0 Å². The second-order valence-corrected chi connectivity index (χ2v) is 8.65. The number of allylic oxidation sites excluding steroid dienone is 3. The predicted octanol–water partition coefficient (Wildman–Crippen LogP) is 4.25. The first kappa shape index (κ1) is 23.5. The number of benzene rings is 1. The van der Waals surface area contributed by atoms with Gasteiger partial charge < -0.3 is 9.64 Å². The summed E-state index contributed by atoms with van der Waals surface area (Å²) in [5.41, 5.74) is 4.08. The van der Waals surface area contributed by atoms with E-state index in [4.69, 9.17) is 4.74 Å². The van der Waals surface area contributed by atoms with Crippen molar-refractivity contribution in [3.05, 3.63) is 64.4 Å². The van der Waals surface area contributed by atoms with E-state index in [1.54, 1.807) is 13.0 Å². The van der Waals surface area contributed by atoms with Crippen molar-refractivity contribution in [2.45, 2.75) is 46.0 Å². The number of fused-ring (bicyclic) bond motifs is 1. The van der Waals surface area contributed by atoms with Crippen LogP contribution in [0.2, 0.25) is 0 Å². The summed E-state index contributed by atoms with van der Waals surface area (Å²) in [5, 5.41) is 9.55. The minimum Gasteiger partial charge on any atom is -0.383 e. The highest BCUT2D eigenvalue weighted by Crippen LogP contribution is 2.47. The number of nitrogens with zero attached hydrogens (tertiary/aromatic N) is 3. The molecule has 2 heterocycles. The smallest absolute Gasteiger partial charge is 0.271 e. The van der Waals surface area contributed by atoms with Gasteiger partial charge in [0.1, 0.15) is 11.6 Å². The Morgan fingerprint density at radius 3 is 2.47 bits per heavy atom. The Labute approximate surface area is 190 Å². The van der Waals surface area contributed by atoms with E-state index in [9.17, 15) is 14.9 Å². The SMILES string of the molecule is CCCCN1/C(=C\C=C2\C(=O)N(CCOC)C(=O)C(C#N)=C2C)C(C)(C)c2ccccc21. The zero-order valence-corrected chi connectivity index (χ0v) is 19.6. The fourth-order valence-corrected chi connectivity index (χ4v) is 4.40. The Balaban J connectivity index is 2.10. The maximum absolute atomic E-state index is 13.1. The zero-order chi connectivity index (χ0) is 23.5. The molecule has 2 aliphatic rings. The minimum atomic E-state index is -0.560. The van der Waals surface area contributed by atoms with Crippen LogP contribution >= 0.6 is 0 Å². The fourth-order valence-electron chi connectivity index (χ4n) is 4.40. The van der Waals surface area contributed by atoms with Crippen LogP contribution in [0.5, 0.6) is 0 Å². The number of hydrogen-bond donors (Lipinski definition) is 0. The number of rotatable bonds is 7. The van der Waals surface area contributed by atoms with E-state index in [-0.39, 0.29) is 24.1 Å². The summed E-state index contributed by atoms with van der Waals surface area (Å²) in [6.07, 6.45) is 5.87. The molecule has 0 radical (unpaired) electrons. The number of carbonyl (C=O) groups excluding carboxylic acids is 2. The first-order chi connectivity index (χ1) is 15.3. The third-order valence-electron chi connectivity index (χ3n) is 6.29. The number of amides is 2. The monoisotopic (exact) mass is 433 g/mol. The molecular formula is C26H31N3O3. The van der Waals surface area contributed by atoms with Crippen molar-refractivity contribution in [3.8, 4) is 6.07 Å². The van der Waals surface area contributed by atoms with Crippen molar-refractivity contribution >= 4 is 17.5 Å². The van der Waals surface area contributed by atoms with E-state index < -0.39 is 11.8 Å². The van der Waals surface area contributed by atoms with Crippen LogP contribution in [0.3, 0.4) is 0 Å². The first-order valence-electron chi connectivity index (χ1n) is 11.1. The maximum atomic E-state index is 13.1. The van der Waals surface area contributed by atoms with Crippen LogP contribution in [-0.2, 0) is 19.7 Å². The van der Waals surface area contributed by atoms with Gasteiger partial charge in [-0.1, -0.05) is 45.4 Å². The summed E-state index contributed by atoms with van der Waals surface area (Å²) in [4.78, 5) is 29.2. The first-order valence-corrected chi connectivity index (χ1v) is 11.1. The standard InChI is InChI=1S/C26H31N3O3/c1-6-7-14-28-22-11-9-8-10-21(22)26(3,4)23(28)13-12-19-18(2)20(17-27)25(31)29(24(19)30)15-16-32-5/h8-13H,6-7,14-16H2,1-5H3/b19-12+,23-13-. The second-order valence-electron chi connectivity index (χ2n) is 8.65. The van der Waals surface area contributed by atoms with Crippen LogP contribution < -0.4 is 4.90 Å². The second kappa shape index (κ2) is 9.54. The molecule has 0 N–H and O–H groups in total. The van der Waals surface area contributed by atoms with Crippen LogP contribution in [0, 0.1) is 11.3 Å². The molecule has 6 heteroatoms. The average molecular weight is 434 g/mol. The van der Waals surface area contributed by atoms with Gasteiger partial charge in [0.2, 0.25) is 0 Å². The Bertz CT molecular complexity index is 1060. The van der Waals surface area contributed by atoms with Crippen molar-refractivity contribution in [1.29, 1.82) is 5.26 Å². The van der Waals surface area contributed by atoms with Crippen LogP contribution in [-0.4, -0.2) is 43.5 Å². The summed E-state index contributed by atoms with van der Waals surface area (Å²) < 4.78 is 5.05. The fraction of sp³-hybridized carbons (Fsp3) is 0.423. The van der Waals surface area contributed by atoms with Gasteiger partial charge >= 0.3 is 0 Å². The van der Waals surface area contributed by atoms with E-state index in [0.717, 1.165) is 30.0 Å². The molecule has 0 saturated carbocycles. The number of imide groups is 1. The summed E-state index contributed by atoms with van der Waals surface area (Å²) in [6, 6.07) is 10.4. The number of para-hydroxylation sites is 1. The summed E-state index contributed by atoms with van der Waals surface area (Å²) in [6.45, 7) is 9.41. The third-order valence-corrected chi connectivity index (χ3v) is 6.29. The molecule has 2 amide bonds. The van der Waals surface area contributed by atoms with Gasteiger partial charge in [-0.15, -0.1) is 0 Å². The molecule has 168 valence electrons. The van der Waals surface area contributed by atoms with Crippen LogP contribution in [0.25, 0.3) is 0 Å². The van der Waals surface area contributed by atoms with E-state index >= 15 is 0 Å². The van der Waals surface area contributed by atoms with Gasteiger partial charge in [0.05, 0.1) is 13.2 Å². The Kier molecular flexibility index (Phi) is 7.00. The molecule has 1 aromatic carbocycles. The van der Waals surface area contributed by atoms with Crippen molar-refractivity contribution < 1.29 is 14.3 Å². The van der Waals surface area contributed by atoms with Gasteiger partial charge in [-0.2, -0.15) is 5.26 Å². The Morgan fingerprint density at radius 1 is 1.09 bits per heavy atom. The Hall–Kier alpha value is -3.17. The maximum Gasteiger partial charge on any atom is 0.271 e. The topological polar surface area (TPSA) is 73.6 Å². The number of carbonyl (C=O) groups is 2. The number of hydrogen-bond acceptors (Lipinski definition) is 5. The lowest BCUT2D eigenvalue weighted by Crippen LogP contribution is -2.44. The van der Waals surface area contributed by atoms with Crippen LogP contribution in [0.4, 0.5) is 5.69 Å². The average Bonchev–Trinajstić information content (AvgIpc) is 2.99. The molecule has 1 aromatic rings. The molecule has 0 fully saturated rings. The lowest BCUT2D eigenvalue weighted by molar-refractivity contribution is -0.141. The highest BCUT2D eigenvalue weighted by molar-refractivity contribution is 6.18. The lowest BCUT2D eigenvalue weighted by atomic mass is 9.83. The normalized spacial score (nSPS) is 20.4. The molecule has 0 aromatic heterocycles. The lowest BCUT2D eigenvalue weighted by Gasteiger charge is -2.28. The number of methoxy groups -OCH3 is 1. The van der Waals surface area contributed by atoms with Crippen molar-refractivity contribution in [1.82, 2.24) is 4.90 Å². The van der Waals surface area contributed by atoms with Gasteiger partial charge in [0, 0.05) is 36.0 Å². The van der Waals surface area contributed by atoms with Gasteiger partial charge in [0.25, 0.3) is 11.8 Å². The van der Waals surface area contributed by atoms with E-state index in [1.165, 1.54) is 18.4 Å². The molecule has 3 rings (SSSR count). The third kappa shape index (κ3) is 4.01. The molecule has 2 aliphatic heterocycles. The Morgan fingerprint density at radius 2 is 1.81 bits per heavy atom. The molecule has 0 aliphatic carbocycles. The van der Waals surface area contributed by atoms with Crippen molar-refractivity contribution in [2.75, 3.05) is 31.7 Å². The molecule has 32 heavy (non-hydrogen) atoms. The number of nitriles is 1. The van der Waals surface area contributed by atoms with Gasteiger partial charge in [-0.3, -0.25) is 14.5 Å². The largest absolute Gasteiger partial charge is 0.383 e. The number of unbranched alkanes of at least 4 members (excludes halogenated alkanes) is 1. The van der Waals surface area contributed by atoms with Crippen molar-refractivity contribution in [2.24, 2.45) is 0 Å². The summed E-state index contributed by atoms with van der Waals surface area (Å²) in [7, 11) is 1.51. The molecule has 0 spiro atoms.